The topological polar surface area (TPSA) is 90.5 Å². The van der Waals surface area contributed by atoms with Gasteiger partial charge in [-0.05, 0) is 61.4 Å². The number of imide groups is 1. The van der Waals surface area contributed by atoms with E-state index in [0.29, 0.717) is 11.5 Å². The van der Waals surface area contributed by atoms with Crippen LogP contribution < -0.4 is 15.5 Å². The standard InChI is InChI=1S/C26H28N6O2/c1-25(2)16-29-21-13-19(7-8-20(21)25)32-23(33)26(3,4)31(24(32)34)15-17-9-11-28-22(12-17)30-18-6-5-10-27-14-18/h5-14,29H,15-16H2,1-4H3,(H,28,30). The maximum atomic E-state index is 13.5. The summed E-state index contributed by atoms with van der Waals surface area (Å²) < 4.78 is 0. The molecule has 1 saturated heterocycles. The molecule has 2 aromatic heterocycles. The third kappa shape index (κ3) is 3.65. The number of carbonyl (C=O) groups excluding carboxylic acids is 2. The smallest absolute Gasteiger partial charge is 0.332 e. The number of fused-ring (bicyclic) bond motifs is 1. The number of amides is 3. The average Bonchev–Trinajstić information content (AvgIpc) is 3.20. The summed E-state index contributed by atoms with van der Waals surface area (Å²) in [6, 6.07) is 12.9. The fraction of sp³-hybridized carbons (Fsp3) is 0.308. The molecule has 0 saturated carbocycles. The Bertz CT molecular complexity index is 1270. The largest absolute Gasteiger partial charge is 0.384 e. The second kappa shape index (κ2) is 7.83. The number of hydrogen-bond acceptors (Lipinski definition) is 6. The van der Waals surface area contributed by atoms with Crippen molar-refractivity contribution in [2.24, 2.45) is 0 Å². The third-order valence-corrected chi connectivity index (χ3v) is 6.63. The number of nitrogens with zero attached hydrogens (tertiary/aromatic N) is 4. The summed E-state index contributed by atoms with van der Waals surface area (Å²) in [4.78, 5) is 38.3. The van der Waals surface area contributed by atoms with E-state index in [0.717, 1.165) is 23.5 Å². The van der Waals surface area contributed by atoms with Crippen LogP contribution in [-0.4, -0.2) is 38.9 Å². The van der Waals surface area contributed by atoms with Crippen molar-refractivity contribution in [3.05, 3.63) is 72.2 Å². The van der Waals surface area contributed by atoms with Gasteiger partial charge < -0.3 is 15.5 Å². The quantitative estimate of drug-likeness (QED) is 0.542. The van der Waals surface area contributed by atoms with Crippen LogP contribution in [0.4, 0.5) is 27.7 Å². The maximum Gasteiger partial charge on any atom is 0.332 e. The first-order chi connectivity index (χ1) is 16.2. The first kappa shape index (κ1) is 21.9. The lowest BCUT2D eigenvalue weighted by Gasteiger charge is -2.27. The molecule has 174 valence electrons. The van der Waals surface area contributed by atoms with Crippen molar-refractivity contribution in [3.63, 3.8) is 0 Å². The lowest BCUT2D eigenvalue weighted by molar-refractivity contribution is -0.123. The van der Waals surface area contributed by atoms with Crippen LogP contribution in [0.5, 0.6) is 0 Å². The Morgan fingerprint density at radius 3 is 2.65 bits per heavy atom. The zero-order chi connectivity index (χ0) is 24.1. The summed E-state index contributed by atoms with van der Waals surface area (Å²) >= 11 is 0. The number of benzene rings is 1. The van der Waals surface area contributed by atoms with E-state index in [1.165, 1.54) is 10.5 Å². The van der Waals surface area contributed by atoms with E-state index < -0.39 is 5.54 Å². The number of anilines is 4. The van der Waals surface area contributed by atoms with E-state index in [-0.39, 0.29) is 23.9 Å². The number of urea groups is 1. The summed E-state index contributed by atoms with van der Waals surface area (Å²) in [6.45, 7) is 9.04. The highest BCUT2D eigenvalue weighted by molar-refractivity contribution is 6.23. The minimum Gasteiger partial charge on any atom is -0.384 e. The lowest BCUT2D eigenvalue weighted by Crippen LogP contribution is -2.43. The van der Waals surface area contributed by atoms with Gasteiger partial charge in [0.05, 0.1) is 17.6 Å². The van der Waals surface area contributed by atoms with E-state index in [2.05, 4.69) is 34.4 Å². The number of nitrogens with one attached hydrogen (secondary N) is 2. The molecule has 0 spiro atoms. The molecule has 0 radical (unpaired) electrons. The molecule has 0 unspecified atom stereocenters. The van der Waals surface area contributed by atoms with Crippen LogP contribution in [0.15, 0.2) is 61.1 Å². The van der Waals surface area contributed by atoms with Gasteiger partial charge in [0.25, 0.3) is 5.91 Å². The molecule has 0 bridgehead atoms. The van der Waals surface area contributed by atoms with Crippen molar-refractivity contribution in [1.29, 1.82) is 0 Å². The van der Waals surface area contributed by atoms with Crippen molar-refractivity contribution in [1.82, 2.24) is 14.9 Å². The van der Waals surface area contributed by atoms with Gasteiger partial charge in [0.15, 0.2) is 0 Å². The molecular formula is C26H28N6O2. The molecule has 1 aromatic carbocycles. The molecule has 3 amide bonds. The zero-order valence-corrected chi connectivity index (χ0v) is 19.8. The van der Waals surface area contributed by atoms with Gasteiger partial charge in [-0.3, -0.25) is 9.78 Å². The van der Waals surface area contributed by atoms with Crippen molar-refractivity contribution >= 4 is 34.8 Å². The Balaban J connectivity index is 1.40. The first-order valence-electron chi connectivity index (χ1n) is 11.3. The van der Waals surface area contributed by atoms with Crippen LogP contribution in [0, 0.1) is 0 Å². The summed E-state index contributed by atoms with van der Waals surface area (Å²) in [5, 5.41) is 6.61. The Morgan fingerprint density at radius 1 is 1.06 bits per heavy atom. The summed E-state index contributed by atoms with van der Waals surface area (Å²) in [5.41, 5.74) is 3.47. The highest BCUT2D eigenvalue weighted by Gasteiger charge is 2.52. The molecule has 34 heavy (non-hydrogen) atoms. The van der Waals surface area contributed by atoms with Gasteiger partial charge in [0.1, 0.15) is 11.4 Å². The minimum atomic E-state index is -0.983. The molecule has 2 aliphatic heterocycles. The highest BCUT2D eigenvalue weighted by atomic mass is 16.2. The van der Waals surface area contributed by atoms with Crippen LogP contribution in [0.25, 0.3) is 0 Å². The Hall–Kier alpha value is -3.94. The molecule has 8 nitrogen and oxygen atoms in total. The first-order valence-corrected chi connectivity index (χ1v) is 11.3. The van der Waals surface area contributed by atoms with Crippen LogP contribution in [0.2, 0.25) is 0 Å². The average molecular weight is 457 g/mol. The normalized spacial score (nSPS) is 18.1. The van der Waals surface area contributed by atoms with Gasteiger partial charge in [0, 0.05) is 36.6 Å². The van der Waals surface area contributed by atoms with E-state index >= 15 is 0 Å². The third-order valence-electron chi connectivity index (χ3n) is 6.63. The number of aromatic nitrogens is 2. The molecule has 3 aromatic rings. The van der Waals surface area contributed by atoms with Gasteiger partial charge in [-0.25, -0.2) is 14.7 Å². The van der Waals surface area contributed by atoms with Gasteiger partial charge >= 0.3 is 6.03 Å². The number of rotatable bonds is 5. The van der Waals surface area contributed by atoms with E-state index in [4.69, 9.17) is 0 Å². The van der Waals surface area contributed by atoms with Gasteiger partial charge in [-0.2, -0.15) is 0 Å². The monoisotopic (exact) mass is 456 g/mol. The molecule has 1 fully saturated rings. The lowest BCUT2D eigenvalue weighted by atomic mass is 9.87. The SMILES string of the molecule is CC1(C)CNc2cc(N3C(=O)N(Cc4ccnc(Nc5cccnc5)c4)C(C)(C)C3=O)ccc21. The van der Waals surface area contributed by atoms with Crippen LogP contribution in [0.3, 0.4) is 0 Å². The predicted molar refractivity (Wildman–Crippen MR) is 132 cm³/mol. The van der Waals surface area contributed by atoms with Crippen LogP contribution in [-0.2, 0) is 16.8 Å². The molecule has 2 aliphatic rings. The van der Waals surface area contributed by atoms with Crippen molar-refractivity contribution < 1.29 is 9.59 Å². The second-order valence-corrected chi connectivity index (χ2v) is 9.95. The van der Waals surface area contributed by atoms with Gasteiger partial charge in [-0.15, -0.1) is 0 Å². The van der Waals surface area contributed by atoms with Crippen molar-refractivity contribution in [3.8, 4) is 0 Å². The molecule has 8 heteroatoms. The Kier molecular flexibility index (Phi) is 5.04. The number of hydrogen-bond donors (Lipinski definition) is 2. The molecule has 4 heterocycles. The number of pyridine rings is 2. The zero-order valence-electron chi connectivity index (χ0n) is 19.8. The summed E-state index contributed by atoms with van der Waals surface area (Å²) in [5.74, 6) is 0.405. The number of carbonyl (C=O) groups is 2. The minimum absolute atomic E-state index is 0.0150. The molecule has 0 aliphatic carbocycles. The Morgan fingerprint density at radius 2 is 1.88 bits per heavy atom. The fourth-order valence-corrected chi connectivity index (χ4v) is 4.56. The molecule has 5 rings (SSSR count). The van der Waals surface area contributed by atoms with E-state index in [1.807, 2.05) is 42.5 Å². The van der Waals surface area contributed by atoms with Crippen LogP contribution >= 0.6 is 0 Å². The maximum absolute atomic E-state index is 13.5. The Labute approximate surface area is 199 Å². The second-order valence-electron chi connectivity index (χ2n) is 9.95. The summed E-state index contributed by atoms with van der Waals surface area (Å²) in [6.07, 6.45) is 5.11. The molecular weight excluding hydrogens is 428 g/mol. The van der Waals surface area contributed by atoms with E-state index in [1.54, 1.807) is 37.3 Å². The van der Waals surface area contributed by atoms with Crippen molar-refractivity contribution in [2.75, 3.05) is 22.1 Å². The van der Waals surface area contributed by atoms with Gasteiger partial charge in [-0.1, -0.05) is 19.9 Å². The fourth-order valence-electron chi connectivity index (χ4n) is 4.56. The highest BCUT2D eigenvalue weighted by Crippen LogP contribution is 2.40. The summed E-state index contributed by atoms with van der Waals surface area (Å²) in [7, 11) is 0. The van der Waals surface area contributed by atoms with E-state index in [9.17, 15) is 9.59 Å². The van der Waals surface area contributed by atoms with Gasteiger partial charge in [0.2, 0.25) is 0 Å². The van der Waals surface area contributed by atoms with Crippen LogP contribution in [0.1, 0.15) is 38.8 Å². The van der Waals surface area contributed by atoms with Crippen molar-refractivity contribution in [2.45, 2.75) is 45.2 Å². The molecule has 0 atom stereocenters. The molecule has 2 N–H and O–H groups in total. The predicted octanol–water partition coefficient (Wildman–Crippen LogP) is 4.67.